The summed E-state index contributed by atoms with van der Waals surface area (Å²) in [4.78, 5) is 12.1. The van der Waals surface area contributed by atoms with E-state index in [1.807, 2.05) is 0 Å². The van der Waals surface area contributed by atoms with Crippen molar-refractivity contribution in [3.63, 3.8) is 0 Å². The van der Waals surface area contributed by atoms with Crippen LogP contribution in [0.4, 0.5) is 13.2 Å². The fraction of sp³-hybridized carbons (Fsp3) is 0.188. The lowest BCUT2D eigenvalue weighted by Crippen LogP contribution is -2.26. The largest absolute Gasteiger partial charge is 0.489 e. The van der Waals surface area contributed by atoms with Crippen molar-refractivity contribution in [3.8, 4) is 17.0 Å². The van der Waals surface area contributed by atoms with Gasteiger partial charge in [-0.1, -0.05) is 12.7 Å². The Bertz CT molecular complexity index is 774. The molecule has 0 N–H and O–H groups in total. The molecule has 0 aliphatic rings. The second kappa shape index (κ2) is 7.67. The summed E-state index contributed by atoms with van der Waals surface area (Å²) in [7, 11) is 0. The number of pyridine rings is 1. The van der Waals surface area contributed by atoms with Crippen LogP contribution in [0.3, 0.4) is 0 Å². The third kappa shape index (κ3) is 4.15. The van der Waals surface area contributed by atoms with Gasteiger partial charge in [0, 0.05) is 11.6 Å². The van der Waals surface area contributed by atoms with Crippen molar-refractivity contribution < 1.29 is 17.9 Å². The number of benzene rings is 1. The Morgan fingerprint density at radius 1 is 1.30 bits per heavy atom. The van der Waals surface area contributed by atoms with Gasteiger partial charge in [-0.05, 0) is 46.9 Å². The van der Waals surface area contributed by atoms with Crippen molar-refractivity contribution in [3.05, 3.63) is 62.7 Å². The molecule has 0 saturated heterocycles. The topological polar surface area (TPSA) is 31.2 Å². The normalized spacial score (nSPS) is 10.8. The molecule has 23 heavy (non-hydrogen) atoms. The number of hydrogen-bond acceptors (Lipinski definition) is 2. The Morgan fingerprint density at radius 2 is 2.04 bits per heavy atom. The second-order valence-corrected chi connectivity index (χ2v) is 5.78. The minimum Gasteiger partial charge on any atom is -0.489 e. The van der Waals surface area contributed by atoms with Crippen LogP contribution in [0, 0.1) is 9.39 Å². The van der Waals surface area contributed by atoms with Gasteiger partial charge >= 0.3 is 0 Å². The van der Waals surface area contributed by atoms with Crippen molar-refractivity contribution in [2.45, 2.75) is 13.0 Å². The summed E-state index contributed by atoms with van der Waals surface area (Å²) in [5, 5.41) is 0. The first-order chi connectivity index (χ1) is 10.9. The first kappa shape index (κ1) is 17.6. The minimum atomic E-state index is -2.72. The Balaban J connectivity index is 2.51. The van der Waals surface area contributed by atoms with Gasteiger partial charge in [-0.25, -0.2) is 13.2 Å². The standard InChI is InChI=1S/C16H13F3INO2/c1-2-7-23-10-3-4-11(12(17)8-10)14-6-5-13(20)16(22)21(14)9-15(18)19/h2-6,8,15H,1,7,9H2. The van der Waals surface area contributed by atoms with E-state index >= 15 is 0 Å². The highest BCUT2D eigenvalue weighted by atomic mass is 127. The van der Waals surface area contributed by atoms with Gasteiger partial charge in [0.15, 0.2) is 0 Å². The van der Waals surface area contributed by atoms with E-state index < -0.39 is 24.3 Å². The number of hydrogen-bond donors (Lipinski definition) is 0. The highest BCUT2D eigenvalue weighted by molar-refractivity contribution is 14.1. The van der Waals surface area contributed by atoms with E-state index in [4.69, 9.17) is 4.74 Å². The van der Waals surface area contributed by atoms with Crippen LogP contribution in [0.5, 0.6) is 5.75 Å². The summed E-state index contributed by atoms with van der Waals surface area (Å²) >= 11 is 1.76. The molecule has 0 saturated carbocycles. The summed E-state index contributed by atoms with van der Waals surface area (Å²) < 4.78 is 46.2. The van der Waals surface area contributed by atoms with E-state index in [0.29, 0.717) is 9.32 Å². The maximum atomic E-state index is 14.3. The molecule has 0 bridgehead atoms. The molecule has 0 radical (unpaired) electrons. The minimum absolute atomic E-state index is 0.0603. The van der Waals surface area contributed by atoms with Gasteiger partial charge in [0.05, 0.1) is 15.8 Å². The van der Waals surface area contributed by atoms with E-state index in [2.05, 4.69) is 6.58 Å². The van der Waals surface area contributed by atoms with Crippen LogP contribution >= 0.6 is 22.6 Å². The van der Waals surface area contributed by atoms with Crippen molar-refractivity contribution in [1.29, 1.82) is 0 Å². The molecule has 2 rings (SSSR count). The maximum Gasteiger partial charge on any atom is 0.264 e. The number of rotatable bonds is 6. The molecular formula is C16H13F3INO2. The number of halogens is 4. The monoisotopic (exact) mass is 435 g/mol. The SMILES string of the molecule is C=CCOc1ccc(-c2ccc(I)c(=O)n2CC(F)F)c(F)c1. The molecule has 0 aliphatic carbocycles. The number of alkyl halides is 2. The van der Waals surface area contributed by atoms with Crippen LogP contribution in [0.25, 0.3) is 11.3 Å². The molecule has 7 heteroatoms. The van der Waals surface area contributed by atoms with Crippen LogP contribution < -0.4 is 10.3 Å². The zero-order valence-electron chi connectivity index (χ0n) is 11.9. The van der Waals surface area contributed by atoms with E-state index in [9.17, 15) is 18.0 Å². The second-order valence-electron chi connectivity index (χ2n) is 4.61. The Morgan fingerprint density at radius 3 is 2.65 bits per heavy atom. The highest BCUT2D eigenvalue weighted by Gasteiger charge is 2.16. The van der Waals surface area contributed by atoms with E-state index in [1.54, 1.807) is 22.6 Å². The maximum absolute atomic E-state index is 14.3. The molecule has 1 aromatic carbocycles. The summed E-state index contributed by atoms with van der Waals surface area (Å²) in [5.41, 5.74) is -0.414. The molecule has 0 spiro atoms. The molecule has 0 fully saturated rings. The zero-order chi connectivity index (χ0) is 17.0. The van der Waals surface area contributed by atoms with Crippen molar-refractivity contribution in [1.82, 2.24) is 4.57 Å². The molecule has 2 aromatic rings. The van der Waals surface area contributed by atoms with Crippen LogP contribution in [0.1, 0.15) is 0 Å². The molecular weight excluding hydrogens is 422 g/mol. The van der Waals surface area contributed by atoms with E-state index in [0.717, 1.165) is 10.6 Å². The van der Waals surface area contributed by atoms with Gasteiger partial charge < -0.3 is 9.30 Å². The Labute approximate surface area is 144 Å². The first-order valence-electron chi connectivity index (χ1n) is 6.65. The number of nitrogens with zero attached hydrogens (tertiary/aromatic N) is 1. The lowest BCUT2D eigenvalue weighted by atomic mass is 10.1. The van der Waals surface area contributed by atoms with E-state index in [1.165, 1.54) is 30.3 Å². The van der Waals surface area contributed by atoms with Gasteiger partial charge in [-0.15, -0.1) is 0 Å². The van der Waals surface area contributed by atoms with Gasteiger partial charge in [-0.3, -0.25) is 4.79 Å². The summed E-state index contributed by atoms with van der Waals surface area (Å²) in [5.74, 6) is -0.366. The van der Waals surface area contributed by atoms with Crippen molar-refractivity contribution in [2.75, 3.05) is 6.61 Å². The Kier molecular flexibility index (Phi) is 5.86. The van der Waals surface area contributed by atoms with Crippen LogP contribution in [0.15, 0.2) is 47.8 Å². The van der Waals surface area contributed by atoms with Gasteiger partial charge in [0.2, 0.25) is 0 Å². The fourth-order valence-corrected chi connectivity index (χ4v) is 2.53. The fourth-order valence-electron chi connectivity index (χ4n) is 2.05. The molecule has 0 amide bonds. The molecule has 0 unspecified atom stereocenters. The third-order valence-corrected chi connectivity index (χ3v) is 3.85. The van der Waals surface area contributed by atoms with Gasteiger partial charge in [0.1, 0.15) is 18.2 Å². The zero-order valence-corrected chi connectivity index (χ0v) is 14.1. The van der Waals surface area contributed by atoms with Crippen molar-refractivity contribution >= 4 is 22.6 Å². The predicted molar refractivity (Wildman–Crippen MR) is 90.5 cm³/mol. The summed E-state index contributed by atoms with van der Waals surface area (Å²) in [6, 6.07) is 6.98. The lowest BCUT2D eigenvalue weighted by molar-refractivity contribution is 0.125. The summed E-state index contributed by atoms with van der Waals surface area (Å²) in [6.45, 7) is 2.92. The first-order valence-corrected chi connectivity index (χ1v) is 7.73. The average Bonchev–Trinajstić information content (AvgIpc) is 2.50. The van der Waals surface area contributed by atoms with Crippen LogP contribution in [0.2, 0.25) is 0 Å². The average molecular weight is 435 g/mol. The molecule has 3 nitrogen and oxygen atoms in total. The van der Waals surface area contributed by atoms with Crippen LogP contribution in [-0.4, -0.2) is 17.6 Å². The molecule has 1 aromatic heterocycles. The molecule has 1 heterocycles. The van der Waals surface area contributed by atoms with E-state index in [-0.39, 0.29) is 17.9 Å². The quantitative estimate of drug-likeness (QED) is 0.506. The van der Waals surface area contributed by atoms with Crippen molar-refractivity contribution in [2.24, 2.45) is 0 Å². The number of aromatic nitrogens is 1. The highest BCUT2D eigenvalue weighted by Crippen LogP contribution is 2.26. The number of ether oxygens (including phenoxy) is 1. The third-order valence-electron chi connectivity index (χ3n) is 3.03. The molecule has 0 atom stereocenters. The van der Waals surface area contributed by atoms with Gasteiger partial charge in [-0.2, -0.15) is 0 Å². The Hall–Kier alpha value is -1.77. The van der Waals surface area contributed by atoms with Crippen LogP contribution in [-0.2, 0) is 6.54 Å². The smallest absolute Gasteiger partial charge is 0.264 e. The van der Waals surface area contributed by atoms with Gasteiger partial charge in [0.25, 0.3) is 12.0 Å². The molecule has 122 valence electrons. The molecule has 0 aliphatic heterocycles. The predicted octanol–water partition coefficient (Wildman–Crippen LogP) is 4.09. The summed E-state index contributed by atoms with van der Waals surface area (Å²) in [6.07, 6.45) is -1.20. The lowest BCUT2D eigenvalue weighted by Gasteiger charge is -2.14.